The highest BCUT2D eigenvalue weighted by atomic mass is 16.5. The molecule has 0 N–H and O–H groups in total. The average molecular weight is 179 g/mol. The highest BCUT2D eigenvalue weighted by Crippen LogP contribution is 2.27. The minimum atomic E-state index is 0.168. The number of benzene rings is 1. The van der Waals surface area contributed by atoms with E-state index in [0.717, 1.165) is 11.5 Å². The van der Waals surface area contributed by atoms with Crippen LogP contribution in [0.1, 0.15) is 20.8 Å². The van der Waals surface area contributed by atoms with E-state index in [1.54, 1.807) is 6.61 Å². The van der Waals surface area contributed by atoms with Crippen LogP contribution in [0.3, 0.4) is 0 Å². The van der Waals surface area contributed by atoms with Gasteiger partial charge < -0.3 is 9.47 Å². The Balaban J connectivity index is 2.78. The van der Waals surface area contributed by atoms with Crippen molar-refractivity contribution in [2.45, 2.75) is 26.9 Å². The van der Waals surface area contributed by atoms with Gasteiger partial charge in [-0.05, 0) is 32.9 Å². The molecule has 2 nitrogen and oxygen atoms in total. The zero-order chi connectivity index (χ0) is 9.68. The smallest absolute Gasteiger partial charge is 0.161 e. The van der Waals surface area contributed by atoms with E-state index < -0.39 is 0 Å². The lowest BCUT2D eigenvalue weighted by Crippen LogP contribution is -2.06. The molecule has 13 heavy (non-hydrogen) atoms. The number of para-hydroxylation sites is 2. The standard InChI is InChI=1S/C11H15O2/c1-4-12-10-7-5-6-8-11(10)13-9(2)3/h4-9H,1-3H3. The van der Waals surface area contributed by atoms with Crippen LogP contribution in [0.4, 0.5) is 0 Å². The molecule has 0 saturated carbocycles. The summed E-state index contributed by atoms with van der Waals surface area (Å²) in [6.07, 6.45) is 0.168. The summed E-state index contributed by atoms with van der Waals surface area (Å²) in [7, 11) is 0. The summed E-state index contributed by atoms with van der Waals surface area (Å²) in [6, 6.07) is 7.64. The van der Waals surface area contributed by atoms with Crippen LogP contribution in [0.15, 0.2) is 24.3 Å². The van der Waals surface area contributed by atoms with Crippen molar-refractivity contribution in [2.24, 2.45) is 0 Å². The van der Waals surface area contributed by atoms with Gasteiger partial charge in [0.25, 0.3) is 0 Å². The third-order valence-electron chi connectivity index (χ3n) is 1.46. The molecule has 0 bridgehead atoms. The summed E-state index contributed by atoms with van der Waals surface area (Å²) in [5.41, 5.74) is 0. The van der Waals surface area contributed by atoms with Gasteiger partial charge in [0.05, 0.1) is 6.10 Å². The molecule has 1 radical (unpaired) electrons. The molecule has 1 aromatic rings. The Kier molecular flexibility index (Phi) is 3.62. The van der Waals surface area contributed by atoms with Crippen molar-refractivity contribution in [2.75, 3.05) is 0 Å². The lowest BCUT2D eigenvalue weighted by atomic mass is 10.3. The highest BCUT2D eigenvalue weighted by molar-refractivity contribution is 5.39. The lowest BCUT2D eigenvalue weighted by molar-refractivity contribution is 0.230. The van der Waals surface area contributed by atoms with Crippen molar-refractivity contribution >= 4 is 0 Å². The molecule has 0 spiro atoms. The third-order valence-corrected chi connectivity index (χ3v) is 1.46. The van der Waals surface area contributed by atoms with Crippen LogP contribution in [0.25, 0.3) is 0 Å². The average Bonchev–Trinajstić information content (AvgIpc) is 2.08. The predicted molar refractivity (Wildman–Crippen MR) is 52.8 cm³/mol. The Morgan fingerprint density at radius 2 is 1.77 bits per heavy atom. The monoisotopic (exact) mass is 179 g/mol. The van der Waals surface area contributed by atoms with Crippen molar-refractivity contribution < 1.29 is 9.47 Å². The Labute approximate surface area is 79.5 Å². The molecule has 0 aliphatic heterocycles. The van der Waals surface area contributed by atoms with Crippen LogP contribution in [0, 0.1) is 6.61 Å². The van der Waals surface area contributed by atoms with E-state index in [0.29, 0.717) is 0 Å². The minimum Gasteiger partial charge on any atom is -0.487 e. The Hall–Kier alpha value is -1.18. The van der Waals surface area contributed by atoms with E-state index in [2.05, 4.69) is 0 Å². The molecule has 0 heterocycles. The first-order valence-corrected chi connectivity index (χ1v) is 4.44. The Morgan fingerprint density at radius 3 is 2.31 bits per heavy atom. The van der Waals surface area contributed by atoms with Gasteiger partial charge in [-0.2, -0.15) is 0 Å². The topological polar surface area (TPSA) is 18.5 Å². The maximum atomic E-state index is 5.55. The molecular weight excluding hydrogens is 164 g/mol. The maximum absolute atomic E-state index is 5.55. The molecule has 0 fully saturated rings. The number of hydrogen-bond donors (Lipinski definition) is 0. The van der Waals surface area contributed by atoms with Gasteiger partial charge in [0, 0.05) is 0 Å². The van der Waals surface area contributed by atoms with Crippen molar-refractivity contribution in [1.29, 1.82) is 0 Å². The van der Waals surface area contributed by atoms with Gasteiger partial charge in [-0.25, -0.2) is 0 Å². The molecule has 2 heteroatoms. The van der Waals surface area contributed by atoms with Crippen LogP contribution >= 0.6 is 0 Å². The van der Waals surface area contributed by atoms with Crippen molar-refractivity contribution in [3.8, 4) is 11.5 Å². The summed E-state index contributed by atoms with van der Waals surface area (Å²) in [5.74, 6) is 1.55. The molecule has 1 rings (SSSR count). The Morgan fingerprint density at radius 1 is 1.15 bits per heavy atom. The second kappa shape index (κ2) is 4.75. The molecule has 1 aromatic carbocycles. The summed E-state index contributed by atoms with van der Waals surface area (Å²) in [4.78, 5) is 0. The van der Waals surface area contributed by atoms with E-state index in [4.69, 9.17) is 9.47 Å². The number of ether oxygens (including phenoxy) is 2. The van der Waals surface area contributed by atoms with Gasteiger partial charge in [-0.3, -0.25) is 0 Å². The summed E-state index contributed by atoms with van der Waals surface area (Å²) < 4.78 is 10.8. The minimum absolute atomic E-state index is 0.168. The van der Waals surface area contributed by atoms with E-state index in [-0.39, 0.29) is 6.10 Å². The Bertz CT molecular complexity index is 256. The van der Waals surface area contributed by atoms with Gasteiger partial charge in [0.2, 0.25) is 0 Å². The van der Waals surface area contributed by atoms with Crippen molar-refractivity contribution in [3.05, 3.63) is 30.9 Å². The van der Waals surface area contributed by atoms with E-state index in [9.17, 15) is 0 Å². The van der Waals surface area contributed by atoms with E-state index in [1.807, 2.05) is 45.0 Å². The lowest BCUT2D eigenvalue weighted by Gasteiger charge is -2.13. The van der Waals surface area contributed by atoms with Gasteiger partial charge in [-0.15, -0.1) is 0 Å². The second-order valence-electron chi connectivity index (χ2n) is 2.97. The van der Waals surface area contributed by atoms with E-state index >= 15 is 0 Å². The fourth-order valence-corrected chi connectivity index (χ4v) is 1.03. The molecular formula is C11H15O2. The van der Waals surface area contributed by atoms with Gasteiger partial charge in [0.15, 0.2) is 11.5 Å². The molecule has 0 amide bonds. The van der Waals surface area contributed by atoms with Crippen LogP contribution in [-0.4, -0.2) is 6.10 Å². The first-order chi connectivity index (χ1) is 6.24. The summed E-state index contributed by atoms with van der Waals surface area (Å²) >= 11 is 0. The van der Waals surface area contributed by atoms with Crippen molar-refractivity contribution in [3.63, 3.8) is 0 Å². The van der Waals surface area contributed by atoms with Crippen LogP contribution < -0.4 is 9.47 Å². The van der Waals surface area contributed by atoms with Crippen LogP contribution in [0.2, 0.25) is 0 Å². The quantitative estimate of drug-likeness (QED) is 0.707. The first-order valence-electron chi connectivity index (χ1n) is 4.44. The van der Waals surface area contributed by atoms with E-state index in [1.165, 1.54) is 0 Å². The maximum Gasteiger partial charge on any atom is 0.161 e. The van der Waals surface area contributed by atoms with Crippen LogP contribution in [0.5, 0.6) is 11.5 Å². The van der Waals surface area contributed by atoms with Gasteiger partial charge >= 0.3 is 0 Å². The van der Waals surface area contributed by atoms with Gasteiger partial charge in [0.1, 0.15) is 6.61 Å². The molecule has 0 atom stereocenters. The predicted octanol–water partition coefficient (Wildman–Crippen LogP) is 3.03. The third kappa shape index (κ3) is 2.98. The zero-order valence-electron chi connectivity index (χ0n) is 8.28. The SMILES string of the molecule is C[CH]Oc1ccccc1OC(C)C. The second-order valence-corrected chi connectivity index (χ2v) is 2.97. The first kappa shape index (κ1) is 9.90. The molecule has 71 valence electrons. The van der Waals surface area contributed by atoms with Crippen LogP contribution in [-0.2, 0) is 0 Å². The molecule has 0 aromatic heterocycles. The molecule has 0 saturated heterocycles. The normalized spacial score (nSPS) is 10.2. The molecule has 0 unspecified atom stereocenters. The molecule has 0 aliphatic carbocycles. The zero-order valence-corrected chi connectivity index (χ0v) is 8.28. The highest BCUT2D eigenvalue weighted by Gasteiger charge is 2.04. The number of hydrogen-bond acceptors (Lipinski definition) is 2. The summed E-state index contributed by atoms with van der Waals surface area (Å²) in [6.45, 7) is 7.47. The summed E-state index contributed by atoms with van der Waals surface area (Å²) in [5, 5.41) is 0. The fraction of sp³-hybridized carbons (Fsp3) is 0.364. The van der Waals surface area contributed by atoms with Crippen molar-refractivity contribution in [1.82, 2.24) is 0 Å². The largest absolute Gasteiger partial charge is 0.487 e. The molecule has 0 aliphatic rings. The fourth-order valence-electron chi connectivity index (χ4n) is 1.03. The number of rotatable bonds is 4. The van der Waals surface area contributed by atoms with Gasteiger partial charge in [-0.1, -0.05) is 12.1 Å².